The van der Waals surface area contributed by atoms with Crippen LogP contribution in [0, 0.1) is 11.3 Å². The first-order chi connectivity index (χ1) is 16.4. The van der Waals surface area contributed by atoms with E-state index in [0.29, 0.717) is 39.5 Å². The molecule has 34 heavy (non-hydrogen) atoms. The van der Waals surface area contributed by atoms with Gasteiger partial charge in [0, 0.05) is 30.1 Å². The number of rotatable bonds is 7. The van der Waals surface area contributed by atoms with Crippen LogP contribution in [0.3, 0.4) is 0 Å². The predicted octanol–water partition coefficient (Wildman–Crippen LogP) is 2.29. The molecule has 2 aromatic heterocycles. The van der Waals surface area contributed by atoms with Crippen molar-refractivity contribution in [3.8, 4) is 17.5 Å². The number of H-pyrrole nitrogens is 1. The van der Waals surface area contributed by atoms with Crippen molar-refractivity contribution < 1.29 is 19.5 Å². The van der Waals surface area contributed by atoms with Gasteiger partial charge in [0.25, 0.3) is 5.91 Å². The fourth-order valence-corrected chi connectivity index (χ4v) is 3.45. The van der Waals surface area contributed by atoms with Crippen molar-refractivity contribution in [2.24, 2.45) is 7.05 Å². The highest BCUT2D eigenvalue weighted by Crippen LogP contribution is 2.28. The highest BCUT2D eigenvalue weighted by molar-refractivity contribution is 6.08. The number of fused-ring (bicyclic) bond motifs is 1. The fraction of sp³-hybridized carbons (Fsp3) is 0.136. The summed E-state index contributed by atoms with van der Waals surface area (Å²) >= 11 is 0. The van der Waals surface area contributed by atoms with Crippen LogP contribution in [-0.4, -0.2) is 48.1 Å². The average molecular weight is 458 g/mol. The smallest absolute Gasteiger partial charge is 0.303 e. The molecule has 0 saturated heterocycles. The number of carboxylic acid groups (broad SMARTS) is 1. The molecule has 2 aromatic carbocycles. The number of benzene rings is 2. The zero-order valence-corrected chi connectivity index (χ0v) is 17.9. The van der Waals surface area contributed by atoms with Gasteiger partial charge in [-0.05, 0) is 46.8 Å². The number of tetrazole rings is 1. The van der Waals surface area contributed by atoms with Gasteiger partial charge >= 0.3 is 5.97 Å². The van der Waals surface area contributed by atoms with Gasteiger partial charge in [-0.1, -0.05) is 6.07 Å². The predicted molar refractivity (Wildman–Crippen MR) is 121 cm³/mol. The molecule has 4 N–H and O–H groups in total. The number of anilines is 2. The molecule has 12 heteroatoms. The van der Waals surface area contributed by atoms with E-state index in [1.165, 1.54) is 0 Å². The van der Waals surface area contributed by atoms with Gasteiger partial charge in [0.1, 0.15) is 5.69 Å². The summed E-state index contributed by atoms with van der Waals surface area (Å²) in [6.07, 6.45) is -0.397. The molecule has 4 aromatic rings. The maximum Gasteiger partial charge on any atom is 0.303 e. The highest BCUT2D eigenvalue weighted by atomic mass is 16.4. The molecule has 0 radical (unpaired) electrons. The van der Waals surface area contributed by atoms with Crippen LogP contribution in [0.25, 0.3) is 22.3 Å². The first-order valence-electron chi connectivity index (χ1n) is 10.1. The number of aromatic nitrogens is 5. The van der Waals surface area contributed by atoms with Crippen molar-refractivity contribution in [2.75, 3.05) is 10.6 Å². The monoisotopic (exact) mass is 458 g/mol. The molecular formula is C22H18N8O4. The maximum atomic E-state index is 13.1. The topological polar surface area (TPSA) is 179 Å². The fourth-order valence-electron chi connectivity index (χ4n) is 3.45. The molecule has 0 saturated carbocycles. The molecule has 12 nitrogen and oxygen atoms in total. The van der Waals surface area contributed by atoms with Crippen LogP contribution in [0.5, 0.6) is 0 Å². The Labute approximate surface area is 192 Å². The number of carboxylic acids is 1. The lowest BCUT2D eigenvalue weighted by atomic mass is 10.1. The van der Waals surface area contributed by atoms with Gasteiger partial charge in [0.15, 0.2) is 5.82 Å². The standard InChI is InChI=1S/C22H18N8O4/c1-30-17-10-14(24-19(31)6-7-20(32)33)4-3-13(17)9-18(30)22(34)25-16-5-2-12(11-23)8-15(16)21-26-28-29-27-21/h2-5,8-10H,6-7H2,1H3,(H,24,31)(H,25,34)(H,32,33)(H,26,27,28,29). The number of carbonyl (C=O) groups excluding carboxylic acids is 2. The number of nitrogens with zero attached hydrogens (tertiary/aromatic N) is 5. The molecule has 0 aliphatic carbocycles. The summed E-state index contributed by atoms with van der Waals surface area (Å²) in [4.78, 5) is 35.7. The lowest BCUT2D eigenvalue weighted by molar-refractivity contribution is -0.138. The normalized spacial score (nSPS) is 10.6. The molecule has 0 aliphatic heterocycles. The van der Waals surface area contributed by atoms with Gasteiger partial charge in [-0.2, -0.15) is 5.26 Å². The summed E-state index contributed by atoms with van der Waals surface area (Å²) in [5, 5.41) is 37.8. The second-order valence-corrected chi connectivity index (χ2v) is 7.38. The zero-order chi connectivity index (χ0) is 24.2. The van der Waals surface area contributed by atoms with Crippen LogP contribution < -0.4 is 10.6 Å². The van der Waals surface area contributed by atoms with E-state index in [9.17, 15) is 19.6 Å². The lowest BCUT2D eigenvalue weighted by Crippen LogP contribution is -2.16. The highest BCUT2D eigenvalue weighted by Gasteiger charge is 2.18. The summed E-state index contributed by atoms with van der Waals surface area (Å²) in [6.45, 7) is 0. The Morgan fingerprint density at radius 1 is 1.12 bits per heavy atom. The molecule has 0 spiro atoms. The first-order valence-corrected chi connectivity index (χ1v) is 10.1. The van der Waals surface area contributed by atoms with E-state index < -0.39 is 17.8 Å². The SMILES string of the molecule is Cn1c(C(=O)Nc2ccc(C#N)cc2-c2nnn[nH]2)cc2ccc(NC(=O)CCC(=O)O)cc21. The molecule has 4 rings (SSSR count). The van der Waals surface area contributed by atoms with Crippen molar-refractivity contribution in [2.45, 2.75) is 12.8 Å². The number of aryl methyl sites for hydroxylation is 1. The largest absolute Gasteiger partial charge is 0.481 e. The zero-order valence-electron chi connectivity index (χ0n) is 17.9. The number of hydrogen-bond acceptors (Lipinski definition) is 7. The Bertz CT molecular complexity index is 1450. The molecule has 0 atom stereocenters. The minimum Gasteiger partial charge on any atom is -0.481 e. The second kappa shape index (κ2) is 9.21. The van der Waals surface area contributed by atoms with E-state index in [1.54, 1.807) is 54.1 Å². The Morgan fingerprint density at radius 2 is 1.94 bits per heavy atom. The summed E-state index contributed by atoms with van der Waals surface area (Å²) < 4.78 is 1.68. The number of nitriles is 1. The summed E-state index contributed by atoms with van der Waals surface area (Å²) in [5.41, 5.74) is 2.80. The van der Waals surface area contributed by atoms with E-state index in [1.807, 2.05) is 6.07 Å². The van der Waals surface area contributed by atoms with E-state index >= 15 is 0 Å². The van der Waals surface area contributed by atoms with Gasteiger partial charge in [-0.25, -0.2) is 5.10 Å². The van der Waals surface area contributed by atoms with E-state index in [-0.39, 0.29) is 12.8 Å². The quantitative estimate of drug-likeness (QED) is 0.326. The van der Waals surface area contributed by atoms with Gasteiger partial charge in [0.05, 0.1) is 29.3 Å². The minimum absolute atomic E-state index is 0.137. The maximum absolute atomic E-state index is 13.1. The van der Waals surface area contributed by atoms with Crippen LogP contribution in [0.1, 0.15) is 28.9 Å². The molecule has 0 unspecified atom stereocenters. The molecule has 170 valence electrons. The third kappa shape index (κ3) is 4.58. The number of nitrogens with one attached hydrogen (secondary N) is 3. The van der Waals surface area contributed by atoms with Crippen molar-refractivity contribution in [3.63, 3.8) is 0 Å². The van der Waals surface area contributed by atoms with Crippen LogP contribution in [0.15, 0.2) is 42.5 Å². The van der Waals surface area contributed by atoms with Gasteiger partial charge in [-0.15, -0.1) is 5.10 Å². The van der Waals surface area contributed by atoms with Crippen molar-refractivity contribution in [1.29, 1.82) is 5.26 Å². The summed E-state index contributed by atoms with van der Waals surface area (Å²) in [5.74, 6) is -1.56. The molecule has 0 aliphatic rings. The summed E-state index contributed by atoms with van der Waals surface area (Å²) in [7, 11) is 1.72. The van der Waals surface area contributed by atoms with E-state index in [0.717, 1.165) is 5.39 Å². The van der Waals surface area contributed by atoms with Crippen molar-refractivity contribution in [3.05, 3.63) is 53.7 Å². The first kappa shape index (κ1) is 22.2. The Hall–Kier alpha value is -5.05. The van der Waals surface area contributed by atoms with Crippen molar-refractivity contribution >= 4 is 40.1 Å². The van der Waals surface area contributed by atoms with Crippen molar-refractivity contribution in [1.82, 2.24) is 25.2 Å². The second-order valence-electron chi connectivity index (χ2n) is 7.38. The van der Waals surface area contributed by atoms with Crippen LogP contribution in [-0.2, 0) is 16.6 Å². The van der Waals surface area contributed by atoms with Crippen LogP contribution in [0.2, 0.25) is 0 Å². The molecule has 2 heterocycles. The molecular weight excluding hydrogens is 440 g/mol. The number of carbonyl (C=O) groups is 3. The van der Waals surface area contributed by atoms with E-state index in [2.05, 4.69) is 31.3 Å². The minimum atomic E-state index is -1.05. The Balaban J connectivity index is 1.59. The molecule has 2 amide bonds. The average Bonchev–Trinajstić information content (AvgIpc) is 3.46. The van der Waals surface area contributed by atoms with Gasteiger partial charge < -0.3 is 20.3 Å². The lowest BCUT2D eigenvalue weighted by Gasteiger charge is -2.10. The van der Waals surface area contributed by atoms with Gasteiger partial charge in [0.2, 0.25) is 5.91 Å². The Kier molecular flexibility index (Phi) is 6.00. The molecule has 0 fully saturated rings. The number of aromatic amines is 1. The third-order valence-electron chi connectivity index (χ3n) is 5.13. The third-order valence-corrected chi connectivity index (χ3v) is 5.13. The summed E-state index contributed by atoms with van der Waals surface area (Å²) in [6, 6.07) is 13.6. The van der Waals surface area contributed by atoms with Crippen LogP contribution in [0.4, 0.5) is 11.4 Å². The number of hydrogen-bond donors (Lipinski definition) is 4. The Morgan fingerprint density at radius 3 is 2.65 bits per heavy atom. The molecule has 0 bridgehead atoms. The number of aliphatic carboxylic acids is 1. The number of amides is 2. The van der Waals surface area contributed by atoms with Gasteiger partial charge in [-0.3, -0.25) is 14.4 Å². The van der Waals surface area contributed by atoms with E-state index in [4.69, 9.17) is 5.11 Å². The van der Waals surface area contributed by atoms with Crippen LogP contribution >= 0.6 is 0 Å².